The fourth-order valence-electron chi connectivity index (χ4n) is 4.87. The van der Waals surface area contributed by atoms with Crippen LogP contribution in [0, 0.1) is 0 Å². The molecule has 0 saturated heterocycles. The molecule has 1 atom stereocenters. The lowest BCUT2D eigenvalue weighted by molar-refractivity contribution is -0.122. The number of nitrogens with zero attached hydrogens (tertiary/aromatic N) is 1. The van der Waals surface area contributed by atoms with Crippen LogP contribution in [0.5, 0.6) is 5.75 Å². The number of fused-ring (bicyclic) bond motifs is 1. The van der Waals surface area contributed by atoms with Crippen LogP contribution >= 0.6 is 0 Å². The van der Waals surface area contributed by atoms with Crippen LogP contribution in [-0.4, -0.2) is 13.0 Å². The Bertz CT molecular complexity index is 1240. The van der Waals surface area contributed by atoms with Gasteiger partial charge in [-0.05, 0) is 35.2 Å². The highest BCUT2D eigenvalue weighted by Gasteiger charge is 2.53. The largest absolute Gasteiger partial charge is 0.496 e. The van der Waals surface area contributed by atoms with Crippen LogP contribution in [0.3, 0.4) is 0 Å². The molecule has 0 bridgehead atoms. The zero-order chi connectivity index (χ0) is 22.0. The molecule has 0 spiro atoms. The third-order valence-electron chi connectivity index (χ3n) is 6.33. The molecule has 1 aliphatic rings. The lowest BCUT2D eigenvalue weighted by Gasteiger charge is -2.31. The van der Waals surface area contributed by atoms with Crippen LogP contribution in [0.4, 0.5) is 5.69 Å². The second-order valence-electron chi connectivity index (χ2n) is 8.16. The zero-order valence-electron chi connectivity index (χ0n) is 18.1. The summed E-state index contributed by atoms with van der Waals surface area (Å²) in [6.45, 7) is 0.530. The Labute approximate surface area is 188 Å². The van der Waals surface area contributed by atoms with Crippen molar-refractivity contribution in [3.05, 3.63) is 131 Å². The second kappa shape index (κ2) is 8.35. The Morgan fingerprint density at radius 2 is 1.25 bits per heavy atom. The molecule has 1 amide bonds. The van der Waals surface area contributed by atoms with Gasteiger partial charge in [-0.25, -0.2) is 0 Å². The first-order chi connectivity index (χ1) is 15.7. The van der Waals surface area contributed by atoms with Gasteiger partial charge in [0.05, 0.1) is 13.7 Å². The third-order valence-corrected chi connectivity index (χ3v) is 6.33. The predicted molar refractivity (Wildman–Crippen MR) is 128 cm³/mol. The number of para-hydroxylation sites is 2. The molecule has 3 nitrogen and oxygen atoms in total. The number of carbonyl (C=O) groups is 1. The number of anilines is 1. The van der Waals surface area contributed by atoms with Crippen molar-refractivity contribution in [1.29, 1.82) is 0 Å². The van der Waals surface area contributed by atoms with E-state index < -0.39 is 5.41 Å². The van der Waals surface area contributed by atoms with Crippen molar-refractivity contribution < 1.29 is 9.53 Å². The van der Waals surface area contributed by atoms with E-state index in [1.807, 2.05) is 77.7 Å². The molecule has 5 rings (SSSR count). The average molecular weight is 420 g/mol. The van der Waals surface area contributed by atoms with Gasteiger partial charge in [-0.1, -0.05) is 97.1 Å². The molecule has 0 radical (unpaired) electrons. The van der Waals surface area contributed by atoms with E-state index in [0.717, 1.165) is 33.7 Å². The van der Waals surface area contributed by atoms with Gasteiger partial charge in [-0.2, -0.15) is 0 Å². The number of benzene rings is 4. The highest BCUT2D eigenvalue weighted by Crippen LogP contribution is 2.50. The molecule has 3 heteroatoms. The van der Waals surface area contributed by atoms with Gasteiger partial charge >= 0.3 is 0 Å². The molecule has 0 aromatic heterocycles. The summed E-state index contributed by atoms with van der Waals surface area (Å²) in [6.07, 6.45) is 0.565. The van der Waals surface area contributed by atoms with Crippen molar-refractivity contribution in [2.45, 2.75) is 18.4 Å². The van der Waals surface area contributed by atoms with Crippen molar-refractivity contribution in [3.63, 3.8) is 0 Å². The summed E-state index contributed by atoms with van der Waals surface area (Å²) < 4.78 is 5.77. The van der Waals surface area contributed by atoms with Crippen molar-refractivity contribution in [2.24, 2.45) is 0 Å². The topological polar surface area (TPSA) is 29.5 Å². The standard InChI is InChI=1S/C29H25NO2/c1-32-27-19-11-9-17-25(27)29(20-22-12-4-2-5-13-22)24-16-8-10-18-26(24)30(28(29)31)21-23-14-6-3-7-15-23/h2-19H,20-21H2,1H3/t29-/m1/s1. The Morgan fingerprint density at radius 1 is 0.688 bits per heavy atom. The maximum atomic E-state index is 14.4. The van der Waals surface area contributed by atoms with E-state index in [9.17, 15) is 4.79 Å². The van der Waals surface area contributed by atoms with Gasteiger partial charge < -0.3 is 9.64 Å². The molecular formula is C29H25NO2. The van der Waals surface area contributed by atoms with Crippen LogP contribution < -0.4 is 9.64 Å². The monoisotopic (exact) mass is 419 g/mol. The number of hydrogen-bond acceptors (Lipinski definition) is 2. The van der Waals surface area contributed by atoms with E-state index in [4.69, 9.17) is 4.74 Å². The van der Waals surface area contributed by atoms with E-state index in [-0.39, 0.29) is 5.91 Å². The van der Waals surface area contributed by atoms with Crippen molar-refractivity contribution >= 4 is 11.6 Å². The first kappa shape index (κ1) is 20.1. The summed E-state index contributed by atoms with van der Waals surface area (Å²) in [6, 6.07) is 36.5. The Balaban J connectivity index is 1.73. The van der Waals surface area contributed by atoms with Crippen LogP contribution in [-0.2, 0) is 23.2 Å². The molecule has 4 aromatic rings. The molecule has 0 aliphatic carbocycles. The third kappa shape index (κ3) is 3.27. The van der Waals surface area contributed by atoms with Crippen LogP contribution in [0.25, 0.3) is 0 Å². The van der Waals surface area contributed by atoms with Gasteiger partial charge in [-0.15, -0.1) is 0 Å². The normalized spacial score (nSPS) is 17.3. The van der Waals surface area contributed by atoms with E-state index in [0.29, 0.717) is 13.0 Å². The number of ether oxygens (including phenoxy) is 1. The molecule has 1 heterocycles. The maximum absolute atomic E-state index is 14.4. The fraction of sp³-hybridized carbons (Fsp3) is 0.138. The van der Waals surface area contributed by atoms with E-state index in [1.54, 1.807) is 7.11 Å². The summed E-state index contributed by atoms with van der Waals surface area (Å²) in [5.74, 6) is 0.809. The predicted octanol–water partition coefficient (Wildman–Crippen LogP) is 5.77. The molecular weight excluding hydrogens is 394 g/mol. The highest BCUT2D eigenvalue weighted by molar-refractivity contribution is 6.11. The lowest BCUT2D eigenvalue weighted by atomic mass is 9.71. The minimum atomic E-state index is -0.862. The maximum Gasteiger partial charge on any atom is 0.242 e. The van der Waals surface area contributed by atoms with Gasteiger partial charge in [0.1, 0.15) is 11.2 Å². The zero-order valence-corrected chi connectivity index (χ0v) is 18.1. The van der Waals surface area contributed by atoms with Gasteiger partial charge in [0.15, 0.2) is 0 Å². The summed E-state index contributed by atoms with van der Waals surface area (Å²) in [4.78, 5) is 16.4. The van der Waals surface area contributed by atoms with Crippen LogP contribution in [0.2, 0.25) is 0 Å². The summed E-state index contributed by atoms with van der Waals surface area (Å²) >= 11 is 0. The molecule has 4 aromatic carbocycles. The van der Waals surface area contributed by atoms with Crippen molar-refractivity contribution in [2.75, 3.05) is 12.0 Å². The van der Waals surface area contributed by atoms with Crippen molar-refractivity contribution in [1.82, 2.24) is 0 Å². The molecule has 32 heavy (non-hydrogen) atoms. The number of rotatable bonds is 6. The van der Waals surface area contributed by atoms with Gasteiger partial charge in [-0.3, -0.25) is 4.79 Å². The van der Waals surface area contributed by atoms with Crippen molar-refractivity contribution in [3.8, 4) is 5.75 Å². The molecule has 0 unspecified atom stereocenters. The fourth-order valence-corrected chi connectivity index (χ4v) is 4.87. The molecule has 1 aliphatic heterocycles. The van der Waals surface area contributed by atoms with Gasteiger partial charge in [0, 0.05) is 11.3 Å². The Kier molecular flexibility index (Phi) is 5.24. The number of carbonyl (C=O) groups excluding carboxylic acids is 1. The molecule has 158 valence electrons. The highest BCUT2D eigenvalue weighted by atomic mass is 16.5. The summed E-state index contributed by atoms with van der Waals surface area (Å²) in [7, 11) is 1.67. The van der Waals surface area contributed by atoms with E-state index in [2.05, 4.69) is 36.4 Å². The van der Waals surface area contributed by atoms with E-state index in [1.165, 1.54) is 0 Å². The number of hydrogen-bond donors (Lipinski definition) is 0. The SMILES string of the molecule is COc1ccccc1[C@]1(Cc2ccccc2)C(=O)N(Cc2ccccc2)c2ccccc21. The van der Waals surface area contributed by atoms with Gasteiger partial charge in [0.25, 0.3) is 0 Å². The van der Waals surface area contributed by atoms with Gasteiger partial charge in [0.2, 0.25) is 5.91 Å². The quantitative estimate of drug-likeness (QED) is 0.397. The number of methoxy groups -OCH3 is 1. The Morgan fingerprint density at radius 3 is 1.94 bits per heavy atom. The first-order valence-electron chi connectivity index (χ1n) is 10.9. The smallest absolute Gasteiger partial charge is 0.242 e. The van der Waals surface area contributed by atoms with Crippen LogP contribution in [0.1, 0.15) is 22.3 Å². The lowest BCUT2D eigenvalue weighted by Crippen LogP contribution is -2.43. The minimum Gasteiger partial charge on any atom is -0.496 e. The molecule has 0 N–H and O–H groups in total. The first-order valence-corrected chi connectivity index (χ1v) is 10.9. The average Bonchev–Trinajstić information content (AvgIpc) is 3.09. The van der Waals surface area contributed by atoms with Crippen LogP contribution in [0.15, 0.2) is 109 Å². The summed E-state index contributed by atoms with van der Waals surface area (Å²) in [5.41, 5.74) is 4.24. The molecule has 0 fully saturated rings. The summed E-state index contributed by atoms with van der Waals surface area (Å²) in [5, 5.41) is 0. The number of amides is 1. The Hall–Kier alpha value is -3.85. The van der Waals surface area contributed by atoms with E-state index >= 15 is 0 Å². The second-order valence-corrected chi connectivity index (χ2v) is 8.16. The minimum absolute atomic E-state index is 0.0795. The molecule has 0 saturated carbocycles.